The highest BCUT2D eigenvalue weighted by Gasteiger charge is 2.09. The van der Waals surface area contributed by atoms with Gasteiger partial charge < -0.3 is 10.0 Å². The number of thiazole rings is 1. The second-order valence-electron chi connectivity index (χ2n) is 4.98. The number of hydrogen-bond acceptors (Lipinski definition) is 5. The normalized spacial score (nSPS) is 10.5. The molecular weight excluding hydrogens is 329 g/mol. The van der Waals surface area contributed by atoms with E-state index in [0.717, 1.165) is 21.9 Å². The first-order chi connectivity index (χ1) is 11.2. The molecule has 1 heterocycles. The van der Waals surface area contributed by atoms with Crippen LogP contribution in [-0.4, -0.2) is 4.98 Å². The Morgan fingerprint density at radius 1 is 1.22 bits per heavy atom. The fourth-order valence-electron chi connectivity index (χ4n) is 2.09. The fraction of sp³-hybridized carbons (Fsp3) is 0.118. The number of anilines is 2. The van der Waals surface area contributed by atoms with Gasteiger partial charge in [0.25, 0.3) is 0 Å². The summed E-state index contributed by atoms with van der Waals surface area (Å²) >= 11 is 2.72. The first-order valence-electron chi connectivity index (χ1n) is 7.12. The number of halogens is 1. The Morgan fingerprint density at radius 2 is 2.04 bits per heavy atom. The molecule has 0 unspecified atom stereocenters. The number of nitrogens with zero attached hydrogens (tertiary/aromatic N) is 1. The van der Waals surface area contributed by atoms with Gasteiger partial charge in [0, 0.05) is 23.8 Å². The molecule has 3 nitrogen and oxygen atoms in total. The molecule has 3 aromatic rings. The highest BCUT2D eigenvalue weighted by Crippen LogP contribution is 2.29. The smallest absolute Gasteiger partial charge is 0.192 e. The van der Waals surface area contributed by atoms with E-state index in [2.05, 4.69) is 15.0 Å². The minimum atomic E-state index is -0.250. The largest absolute Gasteiger partial charge is 0.381 e. The molecular formula is C17H16FN3S2. The molecule has 0 spiro atoms. The van der Waals surface area contributed by atoms with Gasteiger partial charge in [0.2, 0.25) is 0 Å². The Balaban J connectivity index is 1.67. The van der Waals surface area contributed by atoms with Gasteiger partial charge in [-0.25, -0.2) is 9.37 Å². The summed E-state index contributed by atoms with van der Waals surface area (Å²) in [6, 6.07) is 13.4. The van der Waals surface area contributed by atoms with E-state index in [9.17, 15) is 4.39 Å². The molecule has 0 amide bonds. The van der Waals surface area contributed by atoms with Crippen LogP contribution in [0.4, 0.5) is 15.2 Å². The van der Waals surface area contributed by atoms with Crippen LogP contribution in [0.5, 0.6) is 0 Å². The van der Waals surface area contributed by atoms with Crippen molar-refractivity contribution < 1.29 is 4.39 Å². The van der Waals surface area contributed by atoms with E-state index in [4.69, 9.17) is 0 Å². The van der Waals surface area contributed by atoms with Gasteiger partial charge in [0.15, 0.2) is 5.13 Å². The summed E-state index contributed by atoms with van der Waals surface area (Å²) < 4.78 is 17.3. The number of hydrogen-bond donors (Lipinski definition) is 2. The molecule has 2 aromatic carbocycles. The second-order valence-corrected chi connectivity index (χ2v) is 6.72. The molecule has 23 heavy (non-hydrogen) atoms. The molecule has 6 heteroatoms. The van der Waals surface area contributed by atoms with Gasteiger partial charge in [0.1, 0.15) is 5.82 Å². The molecule has 0 saturated heterocycles. The van der Waals surface area contributed by atoms with Crippen LogP contribution in [0, 0.1) is 12.7 Å². The Morgan fingerprint density at radius 3 is 2.78 bits per heavy atom. The third kappa shape index (κ3) is 4.24. The topological polar surface area (TPSA) is 37.0 Å². The Hall–Kier alpha value is -2.05. The van der Waals surface area contributed by atoms with E-state index in [1.807, 2.05) is 48.7 Å². The van der Waals surface area contributed by atoms with Crippen molar-refractivity contribution in [1.29, 1.82) is 0 Å². The van der Waals surface area contributed by atoms with Crippen LogP contribution in [0.15, 0.2) is 58.9 Å². The molecule has 1 aromatic heterocycles. The Bertz CT molecular complexity index is 761. The molecule has 3 rings (SSSR count). The van der Waals surface area contributed by atoms with Crippen LogP contribution in [0.1, 0.15) is 11.1 Å². The van der Waals surface area contributed by atoms with Gasteiger partial charge in [-0.05, 0) is 42.1 Å². The summed E-state index contributed by atoms with van der Waals surface area (Å²) in [6.45, 7) is 2.64. The summed E-state index contributed by atoms with van der Waals surface area (Å²) in [5.41, 5.74) is 2.98. The number of aryl methyl sites for hydroxylation is 1. The van der Waals surface area contributed by atoms with Crippen LogP contribution in [0.3, 0.4) is 0 Å². The van der Waals surface area contributed by atoms with Gasteiger partial charge in [-0.15, -0.1) is 11.3 Å². The second kappa shape index (κ2) is 7.48. The van der Waals surface area contributed by atoms with Gasteiger partial charge in [-0.2, -0.15) is 0 Å². The number of benzene rings is 2. The van der Waals surface area contributed by atoms with Crippen LogP contribution in [0.25, 0.3) is 0 Å². The van der Waals surface area contributed by atoms with Crippen molar-refractivity contribution >= 4 is 34.1 Å². The standard InChI is InChI=1S/C17H16FN3S2/c1-12-9-16(23-21-17-19-7-8-22-17)14(18)10-15(12)20-11-13-5-3-2-4-6-13/h2-10,20H,11H2,1H3,(H,19,21). The lowest BCUT2D eigenvalue weighted by Gasteiger charge is -2.12. The summed E-state index contributed by atoms with van der Waals surface area (Å²) in [5.74, 6) is -0.250. The van der Waals surface area contributed by atoms with E-state index < -0.39 is 0 Å². The molecule has 118 valence electrons. The van der Waals surface area contributed by atoms with Crippen LogP contribution < -0.4 is 10.0 Å². The lowest BCUT2D eigenvalue weighted by atomic mass is 10.1. The molecule has 0 bridgehead atoms. The number of nitrogens with one attached hydrogen (secondary N) is 2. The van der Waals surface area contributed by atoms with Gasteiger partial charge in [-0.1, -0.05) is 30.3 Å². The van der Waals surface area contributed by atoms with Crippen molar-refractivity contribution in [3.05, 3.63) is 71.0 Å². The van der Waals surface area contributed by atoms with Crippen molar-refractivity contribution in [3.63, 3.8) is 0 Å². The minimum absolute atomic E-state index is 0.250. The lowest BCUT2D eigenvalue weighted by molar-refractivity contribution is 0.602. The zero-order valence-corrected chi connectivity index (χ0v) is 14.2. The van der Waals surface area contributed by atoms with E-state index in [0.29, 0.717) is 11.4 Å². The first kappa shape index (κ1) is 15.8. The minimum Gasteiger partial charge on any atom is -0.381 e. The number of rotatable bonds is 6. The maximum atomic E-state index is 14.3. The highest BCUT2D eigenvalue weighted by atomic mass is 32.2. The van der Waals surface area contributed by atoms with E-state index in [1.54, 1.807) is 12.3 Å². The van der Waals surface area contributed by atoms with Crippen molar-refractivity contribution in [2.45, 2.75) is 18.4 Å². The van der Waals surface area contributed by atoms with E-state index in [1.165, 1.54) is 23.3 Å². The van der Waals surface area contributed by atoms with Gasteiger partial charge >= 0.3 is 0 Å². The van der Waals surface area contributed by atoms with Crippen molar-refractivity contribution in [2.24, 2.45) is 0 Å². The zero-order valence-electron chi connectivity index (χ0n) is 12.5. The summed E-state index contributed by atoms with van der Waals surface area (Å²) in [7, 11) is 0. The average Bonchev–Trinajstić information content (AvgIpc) is 3.08. The average molecular weight is 345 g/mol. The summed E-state index contributed by atoms with van der Waals surface area (Å²) in [6.07, 6.45) is 1.71. The quantitative estimate of drug-likeness (QED) is 0.593. The summed E-state index contributed by atoms with van der Waals surface area (Å²) in [5, 5.41) is 5.93. The Kier molecular flexibility index (Phi) is 5.15. The Labute approximate surface area is 143 Å². The third-order valence-electron chi connectivity index (χ3n) is 3.29. The van der Waals surface area contributed by atoms with Crippen molar-refractivity contribution in [1.82, 2.24) is 4.98 Å². The maximum Gasteiger partial charge on any atom is 0.192 e. The maximum absolute atomic E-state index is 14.3. The number of aromatic nitrogens is 1. The molecule has 0 atom stereocenters. The predicted molar refractivity (Wildman–Crippen MR) is 96.5 cm³/mol. The highest BCUT2D eigenvalue weighted by molar-refractivity contribution is 8.00. The fourth-order valence-corrected chi connectivity index (χ4v) is 3.42. The molecule has 0 aliphatic heterocycles. The van der Waals surface area contributed by atoms with Gasteiger partial charge in [-0.3, -0.25) is 0 Å². The predicted octanol–water partition coefficient (Wildman–Crippen LogP) is 5.32. The molecule has 0 aliphatic rings. The van der Waals surface area contributed by atoms with Crippen LogP contribution in [0.2, 0.25) is 0 Å². The molecule has 0 fully saturated rings. The van der Waals surface area contributed by atoms with Crippen molar-refractivity contribution in [3.8, 4) is 0 Å². The molecule has 0 saturated carbocycles. The third-order valence-corrected chi connectivity index (χ3v) is 4.93. The first-order valence-corrected chi connectivity index (χ1v) is 8.82. The zero-order chi connectivity index (χ0) is 16.1. The molecule has 2 N–H and O–H groups in total. The SMILES string of the molecule is Cc1cc(SNc2nccs2)c(F)cc1NCc1ccccc1. The van der Waals surface area contributed by atoms with Crippen molar-refractivity contribution in [2.75, 3.05) is 10.0 Å². The van der Waals surface area contributed by atoms with Crippen LogP contribution in [-0.2, 0) is 6.54 Å². The van der Waals surface area contributed by atoms with Gasteiger partial charge in [0.05, 0.1) is 4.90 Å². The van der Waals surface area contributed by atoms with Crippen LogP contribution >= 0.6 is 23.3 Å². The van der Waals surface area contributed by atoms with E-state index in [-0.39, 0.29) is 5.82 Å². The molecule has 0 radical (unpaired) electrons. The summed E-state index contributed by atoms with van der Waals surface area (Å²) in [4.78, 5) is 4.67. The lowest BCUT2D eigenvalue weighted by Crippen LogP contribution is -2.02. The molecule has 0 aliphatic carbocycles. The monoisotopic (exact) mass is 345 g/mol. The van der Waals surface area contributed by atoms with E-state index >= 15 is 0 Å².